The smallest absolute Gasteiger partial charge is 0.310 e. The predicted octanol–water partition coefficient (Wildman–Crippen LogP) is 4.99. The second kappa shape index (κ2) is 8.41. The van der Waals surface area contributed by atoms with Crippen LogP contribution in [-0.4, -0.2) is 19.7 Å². The fourth-order valence-electron chi connectivity index (χ4n) is 3.40. The summed E-state index contributed by atoms with van der Waals surface area (Å²) >= 11 is 0. The lowest BCUT2D eigenvalue weighted by Gasteiger charge is -2.15. The van der Waals surface area contributed by atoms with E-state index in [-0.39, 0.29) is 11.1 Å². The molecule has 2 aromatic carbocycles. The Hall–Kier alpha value is -3.75. The van der Waals surface area contributed by atoms with Crippen molar-refractivity contribution in [2.45, 2.75) is 25.6 Å². The molecule has 0 fully saturated rings. The maximum Gasteiger partial charge on any atom is 0.416 e. The molecular formula is C23H18F4N4O. The summed E-state index contributed by atoms with van der Waals surface area (Å²) in [5.41, 5.74) is 0.600. The highest BCUT2D eigenvalue weighted by Crippen LogP contribution is 2.32. The summed E-state index contributed by atoms with van der Waals surface area (Å²) in [6.07, 6.45) is -1.13. The topological polar surface area (TPSA) is 63.6 Å². The molecule has 32 heavy (non-hydrogen) atoms. The lowest BCUT2D eigenvalue weighted by Crippen LogP contribution is -2.12. The molecule has 0 spiro atoms. The van der Waals surface area contributed by atoms with Gasteiger partial charge in [0.05, 0.1) is 23.5 Å². The van der Waals surface area contributed by atoms with Gasteiger partial charge in [0, 0.05) is 29.8 Å². The standard InChI is InChI=1S/C23H18F4N4O/c1-14(18-8-7-17(10-19(18)24)23(25,26)27)31-13-16(12-28-31)20-11-22(32)30-21(29-20)9-15-5-3-2-4-6-15/h2-8,10-14H,9H2,1H3,(H,29,30,32). The molecule has 2 aromatic heterocycles. The van der Waals surface area contributed by atoms with Crippen molar-refractivity contribution in [3.63, 3.8) is 0 Å². The van der Waals surface area contributed by atoms with E-state index in [1.54, 1.807) is 13.1 Å². The molecule has 1 N–H and O–H groups in total. The first-order valence-corrected chi connectivity index (χ1v) is 9.76. The van der Waals surface area contributed by atoms with Crippen LogP contribution in [0.1, 0.15) is 35.5 Å². The third-order valence-corrected chi connectivity index (χ3v) is 5.08. The van der Waals surface area contributed by atoms with Crippen LogP contribution < -0.4 is 5.56 Å². The van der Waals surface area contributed by atoms with Crippen LogP contribution in [0.4, 0.5) is 17.6 Å². The van der Waals surface area contributed by atoms with Gasteiger partial charge in [-0.2, -0.15) is 18.3 Å². The molecule has 0 radical (unpaired) electrons. The molecule has 4 aromatic rings. The quantitative estimate of drug-likeness (QED) is 0.443. The van der Waals surface area contributed by atoms with Gasteiger partial charge in [-0.1, -0.05) is 36.4 Å². The Morgan fingerprint density at radius 1 is 1.09 bits per heavy atom. The summed E-state index contributed by atoms with van der Waals surface area (Å²) in [6.45, 7) is 1.62. The highest BCUT2D eigenvalue weighted by atomic mass is 19.4. The molecule has 0 aliphatic rings. The van der Waals surface area contributed by atoms with Crippen LogP contribution in [0.15, 0.2) is 71.8 Å². The number of nitrogens with one attached hydrogen (secondary N) is 1. The molecule has 0 aliphatic carbocycles. The van der Waals surface area contributed by atoms with E-state index in [0.717, 1.165) is 17.7 Å². The SMILES string of the molecule is CC(c1ccc(C(F)(F)F)cc1F)n1cc(-c2cc(=O)[nH]c(Cc3ccccc3)n2)cn1. The average molecular weight is 442 g/mol. The van der Waals surface area contributed by atoms with Crippen molar-refractivity contribution in [2.75, 3.05) is 0 Å². The Morgan fingerprint density at radius 3 is 2.53 bits per heavy atom. The summed E-state index contributed by atoms with van der Waals surface area (Å²) in [5, 5.41) is 4.20. The van der Waals surface area contributed by atoms with Gasteiger partial charge in [0.2, 0.25) is 0 Å². The second-order valence-electron chi connectivity index (χ2n) is 7.36. The van der Waals surface area contributed by atoms with E-state index in [9.17, 15) is 22.4 Å². The van der Waals surface area contributed by atoms with Crippen LogP contribution in [0.25, 0.3) is 11.3 Å². The number of H-pyrrole nitrogens is 1. The van der Waals surface area contributed by atoms with Gasteiger partial charge in [-0.25, -0.2) is 9.37 Å². The van der Waals surface area contributed by atoms with E-state index in [1.165, 1.54) is 16.9 Å². The fourth-order valence-corrected chi connectivity index (χ4v) is 3.40. The molecule has 164 valence electrons. The van der Waals surface area contributed by atoms with Gasteiger partial charge in [0.15, 0.2) is 0 Å². The first-order valence-electron chi connectivity index (χ1n) is 9.76. The molecule has 9 heteroatoms. The molecule has 1 unspecified atom stereocenters. The number of nitrogens with zero attached hydrogens (tertiary/aromatic N) is 3. The Bertz CT molecular complexity index is 1300. The molecule has 0 aliphatic heterocycles. The Balaban J connectivity index is 1.61. The third kappa shape index (κ3) is 4.61. The minimum Gasteiger partial charge on any atom is -0.310 e. The highest BCUT2D eigenvalue weighted by molar-refractivity contribution is 5.56. The van der Waals surface area contributed by atoms with Crippen molar-refractivity contribution in [1.29, 1.82) is 0 Å². The van der Waals surface area contributed by atoms with E-state index in [1.807, 2.05) is 30.3 Å². The zero-order valence-electron chi connectivity index (χ0n) is 16.9. The number of benzene rings is 2. The summed E-state index contributed by atoms with van der Waals surface area (Å²) in [4.78, 5) is 19.3. The summed E-state index contributed by atoms with van der Waals surface area (Å²) in [7, 11) is 0. The summed E-state index contributed by atoms with van der Waals surface area (Å²) in [5.74, 6) is -0.489. The number of hydrogen-bond donors (Lipinski definition) is 1. The van der Waals surface area contributed by atoms with Gasteiger partial charge in [0.25, 0.3) is 5.56 Å². The molecular weight excluding hydrogens is 424 g/mol. The van der Waals surface area contributed by atoms with Crippen LogP contribution in [0, 0.1) is 5.82 Å². The number of hydrogen-bond acceptors (Lipinski definition) is 3. The van der Waals surface area contributed by atoms with E-state index in [2.05, 4.69) is 15.1 Å². The molecule has 4 rings (SSSR count). The third-order valence-electron chi connectivity index (χ3n) is 5.08. The van der Waals surface area contributed by atoms with E-state index in [4.69, 9.17) is 0 Å². The lowest BCUT2D eigenvalue weighted by atomic mass is 10.0. The van der Waals surface area contributed by atoms with Crippen molar-refractivity contribution >= 4 is 0 Å². The van der Waals surface area contributed by atoms with Gasteiger partial charge < -0.3 is 4.98 Å². The van der Waals surface area contributed by atoms with Crippen molar-refractivity contribution in [1.82, 2.24) is 19.7 Å². The van der Waals surface area contributed by atoms with E-state index >= 15 is 0 Å². The Morgan fingerprint density at radius 2 is 1.84 bits per heavy atom. The monoisotopic (exact) mass is 442 g/mol. The first kappa shape index (κ1) is 21.5. The first-order chi connectivity index (χ1) is 15.2. The number of rotatable bonds is 5. The molecule has 1 atom stereocenters. The van der Waals surface area contributed by atoms with E-state index < -0.39 is 23.6 Å². The van der Waals surface area contributed by atoms with Crippen LogP contribution in [0.5, 0.6) is 0 Å². The minimum absolute atomic E-state index is 0.0660. The molecule has 0 amide bonds. The highest BCUT2D eigenvalue weighted by Gasteiger charge is 2.31. The van der Waals surface area contributed by atoms with Crippen LogP contribution in [-0.2, 0) is 12.6 Å². The Kier molecular flexibility index (Phi) is 5.65. The second-order valence-corrected chi connectivity index (χ2v) is 7.36. The number of aromatic nitrogens is 4. The molecule has 2 heterocycles. The lowest BCUT2D eigenvalue weighted by molar-refractivity contribution is -0.137. The maximum absolute atomic E-state index is 14.4. The van der Waals surface area contributed by atoms with Crippen molar-refractivity contribution in [3.05, 3.63) is 106 Å². The maximum atomic E-state index is 14.4. The predicted molar refractivity (Wildman–Crippen MR) is 111 cm³/mol. The van der Waals surface area contributed by atoms with Crippen molar-refractivity contribution in [2.24, 2.45) is 0 Å². The molecule has 0 saturated carbocycles. The molecule has 5 nitrogen and oxygen atoms in total. The minimum atomic E-state index is -4.62. The average Bonchev–Trinajstić information content (AvgIpc) is 3.23. The van der Waals surface area contributed by atoms with Gasteiger partial charge in [-0.15, -0.1) is 0 Å². The number of alkyl halides is 3. The van der Waals surface area contributed by atoms with Gasteiger partial charge in [0.1, 0.15) is 11.6 Å². The number of halogens is 4. The van der Waals surface area contributed by atoms with Crippen molar-refractivity contribution in [3.8, 4) is 11.3 Å². The molecule has 0 bridgehead atoms. The fraction of sp³-hybridized carbons (Fsp3) is 0.174. The zero-order chi connectivity index (χ0) is 22.9. The van der Waals surface area contributed by atoms with Crippen LogP contribution >= 0.6 is 0 Å². The number of aromatic amines is 1. The largest absolute Gasteiger partial charge is 0.416 e. The van der Waals surface area contributed by atoms with Gasteiger partial charge in [-0.05, 0) is 24.6 Å². The normalized spacial score (nSPS) is 12.7. The van der Waals surface area contributed by atoms with Gasteiger partial charge in [-0.3, -0.25) is 9.48 Å². The summed E-state index contributed by atoms with van der Waals surface area (Å²) in [6, 6.07) is 12.6. The van der Waals surface area contributed by atoms with Crippen LogP contribution in [0.3, 0.4) is 0 Å². The van der Waals surface area contributed by atoms with Crippen LogP contribution in [0.2, 0.25) is 0 Å². The van der Waals surface area contributed by atoms with Gasteiger partial charge >= 0.3 is 6.18 Å². The Labute approximate surface area is 180 Å². The zero-order valence-corrected chi connectivity index (χ0v) is 16.9. The van der Waals surface area contributed by atoms with Crippen molar-refractivity contribution < 1.29 is 17.6 Å². The summed E-state index contributed by atoms with van der Waals surface area (Å²) < 4.78 is 54.2. The molecule has 0 saturated heterocycles. The van der Waals surface area contributed by atoms with E-state index in [0.29, 0.717) is 29.6 Å².